The van der Waals surface area contributed by atoms with E-state index in [1.54, 1.807) is 4.90 Å². The van der Waals surface area contributed by atoms with E-state index in [1.165, 1.54) is 66.8 Å². The normalized spacial score (nSPS) is 19.6. The van der Waals surface area contributed by atoms with Gasteiger partial charge in [-0.25, -0.2) is 0 Å². The number of benzene rings is 4. The fraction of sp³-hybridized carbons (Fsp3) is 0.419. The van der Waals surface area contributed by atoms with Crippen LogP contribution in [0.4, 0.5) is 4.79 Å². The monoisotopic (exact) mass is 734 g/mol. The number of fused-ring (bicyclic) bond motifs is 4. The third-order valence-electron chi connectivity index (χ3n) is 11.7. The summed E-state index contributed by atoms with van der Waals surface area (Å²) in [7, 11) is 0. The molecule has 2 fully saturated rings. The van der Waals surface area contributed by atoms with Crippen molar-refractivity contribution in [2.45, 2.75) is 64.9 Å². The van der Waals surface area contributed by atoms with Gasteiger partial charge in [0.25, 0.3) is 0 Å². The second-order valence-electron chi connectivity index (χ2n) is 15.0. The van der Waals surface area contributed by atoms with Crippen molar-refractivity contribution in [2.24, 2.45) is 0 Å². The maximum absolute atomic E-state index is 11.5. The lowest BCUT2D eigenvalue weighted by molar-refractivity contribution is 0.130. The summed E-state index contributed by atoms with van der Waals surface area (Å²) in [5, 5.41) is 3.11. The van der Waals surface area contributed by atoms with E-state index in [4.69, 9.17) is 30.5 Å². The largest absolute Gasteiger partial charge is 0.372 e. The van der Waals surface area contributed by atoms with Gasteiger partial charge in [-0.3, -0.25) is 14.6 Å². The Morgan fingerprint density at radius 3 is 1.13 bits per heavy atom. The molecule has 1 amide bonds. The highest BCUT2D eigenvalue weighted by atomic mass is 35.5. The SMILES string of the molecule is O=C(Cl)N1CCN(C(c2ccc3c(c2)COC3)c2ccc3c(c2)COC3)CC1.c1cc2c(cc1C(c1ccc3c(c1)COC3)N1CCNCC1)COC2. The number of rotatable bonds is 6. The van der Waals surface area contributed by atoms with Crippen LogP contribution in [-0.4, -0.2) is 72.4 Å². The number of hydrogen-bond donors (Lipinski definition) is 1. The zero-order chi connectivity index (χ0) is 35.7. The highest BCUT2D eigenvalue weighted by Gasteiger charge is 2.30. The van der Waals surface area contributed by atoms with Crippen LogP contribution in [0.2, 0.25) is 0 Å². The summed E-state index contributed by atoms with van der Waals surface area (Å²) in [6.07, 6.45) is 0. The van der Waals surface area contributed by atoms with Crippen molar-refractivity contribution in [3.8, 4) is 0 Å². The van der Waals surface area contributed by atoms with Gasteiger partial charge in [-0.2, -0.15) is 0 Å². The number of piperazine rings is 2. The molecule has 0 radical (unpaired) electrons. The van der Waals surface area contributed by atoms with Crippen LogP contribution >= 0.6 is 11.6 Å². The van der Waals surface area contributed by atoms with Crippen LogP contribution in [0.5, 0.6) is 0 Å². The second kappa shape index (κ2) is 15.6. The summed E-state index contributed by atoms with van der Waals surface area (Å²) in [4.78, 5) is 18.3. The molecule has 6 aliphatic heterocycles. The van der Waals surface area contributed by atoms with Gasteiger partial charge in [0.1, 0.15) is 0 Å². The van der Waals surface area contributed by atoms with E-state index < -0.39 is 0 Å². The van der Waals surface area contributed by atoms with Gasteiger partial charge >= 0.3 is 5.37 Å². The molecule has 0 aromatic heterocycles. The van der Waals surface area contributed by atoms with E-state index in [9.17, 15) is 4.79 Å². The molecule has 1 N–H and O–H groups in total. The first kappa shape index (κ1) is 35.1. The van der Waals surface area contributed by atoms with Crippen LogP contribution in [0.3, 0.4) is 0 Å². The standard InChI is InChI=1S/C22H23ClN2O3.C21H24N2O2/c23-22(26)25-7-5-24(6-8-25)21(15-1-3-17-11-27-13-19(17)9-15)16-2-4-18-12-28-14-20(18)10-16;1-3-17-11-24-13-19(17)9-15(1)21(23-7-5-22-6-8-23)16-2-4-18-12-25-14-20(18)10-16/h1-4,9-10,21H,5-8,11-14H2;1-4,9-10,21-22H,5-8,11-14H2. The zero-order valence-corrected chi connectivity index (χ0v) is 30.9. The van der Waals surface area contributed by atoms with Crippen LogP contribution < -0.4 is 5.32 Å². The average Bonchev–Trinajstić information content (AvgIpc) is 4.03. The lowest BCUT2D eigenvalue weighted by atomic mass is 9.92. The summed E-state index contributed by atoms with van der Waals surface area (Å²) < 4.78 is 22.5. The molecule has 9 nitrogen and oxygen atoms in total. The van der Waals surface area contributed by atoms with Crippen LogP contribution in [0, 0.1) is 0 Å². The van der Waals surface area contributed by atoms with Gasteiger partial charge in [0.15, 0.2) is 0 Å². The molecule has 6 aliphatic rings. The summed E-state index contributed by atoms with van der Waals surface area (Å²) in [6.45, 7) is 12.9. The summed E-state index contributed by atoms with van der Waals surface area (Å²) in [6, 6.07) is 27.7. The Labute approximate surface area is 316 Å². The fourth-order valence-electron chi connectivity index (χ4n) is 8.77. The minimum absolute atomic E-state index is 0.143. The Bertz CT molecular complexity index is 1860. The molecular weight excluding hydrogens is 688 g/mol. The lowest BCUT2D eigenvalue weighted by Gasteiger charge is -2.39. The van der Waals surface area contributed by atoms with E-state index in [0.29, 0.717) is 45.6 Å². The zero-order valence-electron chi connectivity index (χ0n) is 30.2. The first-order chi connectivity index (χ1) is 26.1. The number of halogens is 1. The van der Waals surface area contributed by atoms with Crippen molar-refractivity contribution >= 4 is 17.0 Å². The number of nitrogens with one attached hydrogen (secondary N) is 1. The minimum Gasteiger partial charge on any atom is -0.372 e. The van der Waals surface area contributed by atoms with Crippen LogP contribution in [0.1, 0.15) is 78.8 Å². The van der Waals surface area contributed by atoms with E-state index in [1.807, 2.05) is 0 Å². The van der Waals surface area contributed by atoms with E-state index >= 15 is 0 Å². The van der Waals surface area contributed by atoms with Crippen molar-refractivity contribution < 1.29 is 23.7 Å². The second-order valence-corrected chi connectivity index (χ2v) is 15.3. The van der Waals surface area contributed by atoms with Gasteiger partial charge < -0.3 is 29.2 Å². The van der Waals surface area contributed by atoms with Crippen molar-refractivity contribution in [1.29, 1.82) is 0 Å². The maximum Gasteiger partial charge on any atom is 0.316 e. The molecule has 0 aliphatic carbocycles. The van der Waals surface area contributed by atoms with Gasteiger partial charge in [0, 0.05) is 52.4 Å². The number of ether oxygens (including phenoxy) is 4. The molecular formula is C43H47ClN4O5. The first-order valence-electron chi connectivity index (χ1n) is 19.0. The predicted octanol–water partition coefficient (Wildman–Crippen LogP) is 6.55. The maximum atomic E-state index is 11.5. The third-order valence-corrected chi connectivity index (χ3v) is 11.9. The molecule has 4 aromatic carbocycles. The van der Waals surface area contributed by atoms with E-state index in [-0.39, 0.29) is 11.4 Å². The predicted molar refractivity (Wildman–Crippen MR) is 202 cm³/mol. The molecule has 0 saturated carbocycles. The Kier molecular flexibility index (Phi) is 10.3. The summed E-state index contributed by atoms with van der Waals surface area (Å²) in [5.74, 6) is 0. The molecule has 2 saturated heterocycles. The van der Waals surface area contributed by atoms with Crippen LogP contribution in [0.15, 0.2) is 72.8 Å². The molecule has 6 heterocycles. The van der Waals surface area contributed by atoms with Crippen molar-refractivity contribution in [3.05, 3.63) is 140 Å². The highest BCUT2D eigenvalue weighted by Crippen LogP contribution is 2.36. The van der Waals surface area contributed by atoms with E-state index in [2.05, 4.69) is 87.9 Å². The molecule has 4 aromatic rings. The van der Waals surface area contributed by atoms with Gasteiger partial charge in [-0.05, 0) is 78.4 Å². The van der Waals surface area contributed by atoms with Gasteiger partial charge in [-0.15, -0.1) is 0 Å². The molecule has 10 rings (SSSR count). The smallest absolute Gasteiger partial charge is 0.316 e. The van der Waals surface area contributed by atoms with Crippen molar-refractivity contribution in [2.75, 3.05) is 52.4 Å². The highest BCUT2D eigenvalue weighted by molar-refractivity contribution is 6.62. The number of hydrogen-bond acceptors (Lipinski definition) is 8. The van der Waals surface area contributed by atoms with Crippen LogP contribution in [0.25, 0.3) is 0 Å². The number of nitrogens with zero attached hydrogens (tertiary/aromatic N) is 3. The third kappa shape index (κ3) is 7.42. The molecule has 10 heteroatoms. The Morgan fingerprint density at radius 2 is 0.792 bits per heavy atom. The minimum atomic E-state index is -0.361. The van der Waals surface area contributed by atoms with Gasteiger partial charge in [0.2, 0.25) is 0 Å². The molecule has 0 spiro atoms. The molecule has 276 valence electrons. The average molecular weight is 735 g/mol. The van der Waals surface area contributed by atoms with Crippen LogP contribution in [-0.2, 0) is 71.8 Å². The molecule has 0 unspecified atom stereocenters. The summed E-state index contributed by atoms with van der Waals surface area (Å²) in [5.41, 5.74) is 15.8. The Hall–Kier alpha value is -3.64. The Morgan fingerprint density at radius 1 is 0.472 bits per heavy atom. The van der Waals surface area contributed by atoms with Gasteiger partial charge in [0.05, 0.1) is 64.9 Å². The topological polar surface area (TPSA) is 75.7 Å². The van der Waals surface area contributed by atoms with Crippen molar-refractivity contribution in [3.63, 3.8) is 0 Å². The van der Waals surface area contributed by atoms with Crippen molar-refractivity contribution in [1.82, 2.24) is 20.0 Å². The number of carbonyl (C=O) groups is 1. The fourth-order valence-corrected chi connectivity index (χ4v) is 8.94. The van der Waals surface area contributed by atoms with Gasteiger partial charge in [-0.1, -0.05) is 72.8 Å². The quantitative estimate of drug-likeness (QED) is 0.177. The first-order valence-corrected chi connectivity index (χ1v) is 19.4. The molecule has 53 heavy (non-hydrogen) atoms. The number of amides is 1. The molecule has 0 bridgehead atoms. The van der Waals surface area contributed by atoms with E-state index in [0.717, 1.165) is 65.7 Å². The Balaban J connectivity index is 0.000000141. The summed E-state index contributed by atoms with van der Waals surface area (Å²) >= 11 is 5.69. The molecule has 0 atom stereocenters. The lowest BCUT2D eigenvalue weighted by Crippen LogP contribution is -2.48. The number of carbonyl (C=O) groups excluding carboxylic acids is 1.